The summed E-state index contributed by atoms with van der Waals surface area (Å²) < 4.78 is 147. The Bertz CT molecular complexity index is 3870. The van der Waals surface area contributed by atoms with E-state index in [1.165, 1.54) is 24.3 Å². The molecule has 352 valence electrons. The summed E-state index contributed by atoms with van der Waals surface area (Å²) in [7, 11) is -20.3. The van der Waals surface area contributed by atoms with E-state index in [0.29, 0.717) is 40.4 Å². The SMILES string of the molecule is CCOc1cc(N=Nc2cc(C)c(N=Nc3ccc4cccc(S(=O)(=O)O)c4c3)c(C)c2)c2cc(S(=O)(=O)[O-])ccc2c1N=Nc1c(S(=O)(=O)O)cc2cc(S(=O)(=O)[O-])cc(N=C(C)[O-])c2c1[O-].[Na+].[Na+].[Na+].[Na+]. The number of azo groups is 3. The van der Waals surface area contributed by atoms with Gasteiger partial charge in [-0.25, -0.2) is 16.8 Å². The Morgan fingerprint density at radius 2 is 1.17 bits per heavy atom. The molecule has 22 nitrogen and oxygen atoms in total. The first kappa shape index (κ1) is 63.1. The van der Waals surface area contributed by atoms with Crippen LogP contribution in [0.25, 0.3) is 32.3 Å². The fourth-order valence-electron chi connectivity index (χ4n) is 7.06. The van der Waals surface area contributed by atoms with Gasteiger partial charge in [0.15, 0.2) is 0 Å². The van der Waals surface area contributed by atoms with E-state index < -0.39 is 89.0 Å². The quantitative estimate of drug-likeness (QED) is 0.0368. The van der Waals surface area contributed by atoms with Crippen molar-refractivity contribution in [3.63, 3.8) is 0 Å². The van der Waals surface area contributed by atoms with Gasteiger partial charge in [-0.2, -0.15) is 32.2 Å². The largest absolute Gasteiger partial charge is 1.00 e. The third-order valence-electron chi connectivity index (χ3n) is 9.91. The van der Waals surface area contributed by atoms with Gasteiger partial charge >= 0.3 is 118 Å². The molecular formula is C42H31N7Na4O15S4. The fourth-order valence-corrected chi connectivity index (χ4v) is 9.44. The molecule has 0 radical (unpaired) electrons. The smallest absolute Gasteiger partial charge is 0.870 e. The van der Waals surface area contributed by atoms with Crippen LogP contribution in [0.4, 0.5) is 39.8 Å². The Hall–Kier alpha value is -3.17. The van der Waals surface area contributed by atoms with Crippen molar-refractivity contribution in [3.8, 4) is 11.5 Å². The second-order valence-corrected chi connectivity index (χ2v) is 20.2. The van der Waals surface area contributed by atoms with Gasteiger partial charge in [-0.15, -0.1) is 15.3 Å². The van der Waals surface area contributed by atoms with E-state index in [9.17, 15) is 62.1 Å². The molecule has 7 rings (SSSR count). The molecule has 0 spiro atoms. The molecule has 0 aliphatic heterocycles. The van der Waals surface area contributed by atoms with Crippen LogP contribution in [0.3, 0.4) is 0 Å². The molecule has 0 aliphatic carbocycles. The van der Waals surface area contributed by atoms with Crippen LogP contribution >= 0.6 is 0 Å². The average Bonchev–Trinajstić information content (AvgIpc) is 3.23. The Balaban J connectivity index is 0.00000342. The minimum atomic E-state index is -5.38. The summed E-state index contributed by atoms with van der Waals surface area (Å²) >= 11 is 0. The van der Waals surface area contributed by atoms with Gasteiger partial charge in [0.05, 0.1) is 50.5 Å². The van der Waals surface area contributed by atoms with Gasteiger partial charge in [-0.05, 0) is 116 Å². The first-order valence-corrected chi connectivity index (χ1v) is 25.0. The van der Waals surface area contributed by atoms with E-state index in [4.69, 9.17) is 4.74 Å². The van der Waals surface area contributed by atoms with Crippen molar-refractivity contribution in [2.24, 2.45) is 35.7 Å². The number of nitrogens with zero attached hydrogens (tertiary/aromatic N) is 7. The second-order valence-electron chi connectivity index (χ2n) is 14.7. The fraction of sp³-hybridized carbons (Fsp3) is 0.119. The summed E-state index contributed by atoms with van der Waals surface area (Å²) in [5.74, 6) is -2.42. The number of fused-ring (bicyclic) bond motifs is 3. The van der Waals surface area contributed by atoms with E-state index in [-0.39, 0.29) is 174 Å². The summed E-state index contributed by atoms with van der Waals surface area (Å²) in [5.41, 5.74) is 0.0263. The molecule has 72 heavy (non-hydrogen) atoms. The molecule has 0 atom stereocenters. The molecule has 2 N–H and O–H groups in total. The topological polar surface area (TPSA) is 365 Å². The molecule has 0 heterocycles. The standard InChI is InChI=1S/C42H35N7O15S4.4Na/c1-5-64-35-20-33(46-45-27-13-21(2)39(22(3)14-27)47-44-26-10-9-24-7-6-8-36(31(24)17-26)67(58,59)60)32-18-28(65(52,53)54)11-12-30(32)40(35)48-49-41-37(68(61,62)63)16-25-15-29(66(55,56)57)19-34(43-23(4)50)38(25)42(41)51;;;;/h6-20,51H,5H2,1-4H3,(H,43,50)(H,52,53,54)(H,55,56,57)(H,58,59,60)(H,61,62,63);;;;/q;4*+1/p-4. The number of ether oxygens (including phenoxy) is 1. The molecule has 7 aromatic carbocycles. The maximum absolute atomic E-state index is 14.0. The number of hydrogen-bond acceptors (Lipinski definition) is 20. The van der Waals surface area contributed by atoms with Gasteiger partial charge in [0.2, 0.25) is 0 Å². The van der Waals surface area contributed by atoms with Crippen LogP contribution in [-0.4, -0.2) is 64.4 Å². The molecule has 0 amide bonds. The van der Waals surface area contributed by atoms with Gasteiger partial charge in [0.1, 0.15) is 41.5 Å². The first-order valence-electron chi connectivity index (χ1n) is 19.3. The van der Waals surface area contributed by atoms with E-state index in [1.54, 1.807) is 51.1 Å². The summed E-state index contributed by atoms with van der Waals surface area (Å²) in [4.78, 5) is 0.434. The number of aliphatic imine (C=N–C) groups is 1. The predicted molar refractivity (Wildman–Crippen MR) is 239 cm³/mol. The summed E-state index contributed by atoms with van der Waals surface area (Å²) in [6.45, 7) is 5.88. The normalized spacial score (nSPS) is 12.5. The van der Waals surface area contributed by atoms with E-state index in [1.807, 2.05) is 0 Å². The zero-order valence-corrected chi connectivity index (χ0v) is 50.6. The van der Waals surface area contributed by atoms with E-state index in [0.717, 1.165) is 25.1 Å². The molecular weight excluding hydrogens is 1060 g/mol. The molecule has 0 saturated carbocycles. The van der Waals surface area contributed by atoms with Gasteiger partial charge in [-0.1, -0.05) is 30.0 Å². The third kappa shape index (κ3) is 14.2. The molecule has 7 aromatic rings. The minimum Gasteiger partial charge on any atom is -0.870 e. The van der Waals surface area contributed by atoms with Crippen molar-refractivity contribution in [2.75, 3.05) is 6.61 Å². The van der Waals surface area contributed by atoms with Crippen molar-refractivity contribution in [3.05, 3.63) is 102 Å². The van der Waals surface area contributed by atoms with Crippen molar-refractivity contribution in [1.82, 2.24) is 0 Å². The molecule has 0 saturated heterocycles. The first-order chi connectivity index (χ1) is 31.7. The number of aryl methyl sites for hydroxylation is 2. The predicted octanol–water partition coefficient (Wildman–Crippen LogP) is -3.79. The number of benzene rings is 7. The molecule has 0 unspecified atom stereocenters. The Morgan fingerprint density at radius 1 is 0.569 bits per heavy atom. The Kier molecular flexibility index (Phi) is 21.6. The van der Waals surface area contributed by atoms with Gasteiger partial charge in [0, 0.05) is 27.6 Å². The maximum Gasteiger partial charge on any atom is 1.00 e. The summed E-state index contributed by atoms with van der Waals surface area (Å²) in [6.07, 6.45) is 0. The van der Waals surface area contributed by atoms with Crippen LogP contribution < -0.4 is 133 Å². The average molecular weight is 1090 g/mol. The summed E-state index contributed by atoms with van der Waals surface area (Å²) in [6, 6.07) is 18.5. The minimum absolute atomic E-state index is 0. The monoisotopic (exact) mass is 1090 g/mol. The van der Waals surface area contributed by atoms with Gasteiger partial charge in [0.25, 0.3) is 20.2 Å². The zero-order valence-electron chi connectivity index (χ0n) is 39.3. The molecule has 0 aromatic heterocycles. The van der Waals surface area contributed by atoms with E-state index in [2.05, 4.69) is 35.7 Å². The second kappa shape index (κ2) is 24.7. The van der Waals surface area contributed by atoms with Crippen LogP contribution in [0.1, 0.15) is 25.0 Å². The van der Waals surface area contributed by atoms with Crippen molar-refractivity contribution in [2.45, 2.75) is 47.3 Å². The van der Waals surface area contributed by atoms with Gasteiger partial charge < -0.3 is 24.1 Å². The van der Waals surface area contributed by atoms with Crippen LogP contribution in [0.15, 0.2) is 146 Å². The van der Waals surface area contributed by atoms with Crippen molar-refractivity contribution in [1.29, 1.82) is 0 Å². The van der Waals surface area contributed by atoms with Crippen LogP contribution in [0.2, 0.25) is 0 Å². The Labute approximate surface area is 500 Å². The maximum atomic E-state index is 14.0. The van der Waals surface area contributed by atoms with Crippen molar-refractivity contribution < 1.29 is 185 Å². The molecule has 0 bridgehead atoms. The van der Waals surface area contributed by atoms with Gasteiger partial charge in [-0.3, -0.25) is 14.1 Å². The zero-order chi connectivity index (χ0) is 49.7. The molecule has 30 heteroatoms. The molecule has 0 fully saturated rings. The van der Waals surface area contributed by atoms with Crippen molar-refractivity contribution >= 4 is 118 Å². The third-order valence-corrected chi connectivity index (χ3v) is 13.3. The number of rotatable bonds is 13. The van der Waals surface area contributed by atoms with Crippen LogP contribution in [0, 0.1) is 13.8 Å². The van der Waals surface area contributed by atoms with Crippen LogP contribution in [0.5, 0.6) is 11.5 Å². The van der Waals surface area contributed by atoms with Crippen LogP contribution in [-0.2, 0) is 40.5 Å². The van der Waals surface area contributed by atoms with E-state index >= 15 is 0 Å². The Morgan fingerprint density at radius 3 is 1.75 bits per heavy atom. The number of hydrogen-bond donors (Lipinski definition) is 2. The summed E-state index contributed by atoms with van der Waals surface area (Å²) in [5, 5.41) is 50.8. The molecule has 0 aliphatic rings.